The highest BCUT2D eigenvalue weighted by Crippen LogP contribution is 2.20. The van der Waals surface area contributed by atoms with E-state index in [2.05, 4.69) is 10.6 Å². The lowest BCUT2D eigenvalue weighted by atomic mass is 10.1. The molecule has 2 rings (SSSR count). The van der Waals surface area contributed by atoms with Crippen LogP contribution in [0.4, 0.5) is 11.4 Å². The molecular formula is C17H18N2O4. The lowest BCUT2D eigenvalue weighted by Gasteiger charge is -2.11. The zero-order valence-electron chi connectivity index (χ0n) is 12.7. The maximum atomic E-state index is 12.3. The Morgan fingerprint density at radius 1 is 1.09 bits per heavy atom. The summed E-state index contributed by atoms with van der Waals surface area (Å²) in [6.07, 6.45) is 0.296. The molecule has 120 valence electrons. The van der Waals surface area contributed by atoms with E-state index in [9.17, 15) is 19.8 Å². The van der Waals surface area contributed by atoms with Crippen molar-refractivity contribution in [1.82, 2.24) is 0 Å². The number of carbonyl (C=O) groups is 2. The molecule has 6 nitrogen and oxygen atoms in total. The van der Waals surface area contributed by atoms with E-state index >= 15 is 0 Å². The van der Waals surface area contributed by atoms with Gasteiger partial charge in [-0.05, 0) is 24.3 Å². The Morgan fingerprint density at radius 3 is 2.52 bits per heavy atom. The van der Waals surface area contributed by atoms with Crippen LogP contribution in [0.5, 0.6) is 5.75 Å². The Morgan fingerprint density at radius 2 is 1.87 bits per heavy atom. The Hall–Kier alpha value is -2.86. The number of hydrogen-bond acceptors (Lipinski definition) is 4. The van der Waals surface area contributed by atoms with E-state index in [1.165, 1.54) is 18.2 Å². The summed E-state index contributed by atoms with van der Waals surface area (Å²) in [5.74, 6) is -0.536. The molecule has 0 bridgehead atoms. The molecule has 23 heavy (non-hydrogen) atoms. The number of anilines is 2. The van der Waals surface area contributed by atoms with Crippen LogP contribution in [0.25, 0.3) is 0 Å². The first-order valence-corrected chi connectivity index (χ1v) is 7.17. The minimum absolute atomic E-state index is 0.0503. The van der Waals surface area contributed by atoms with Gasteiger partial charge in [0.05, 0.1) is 6.61 Å². The van der Waals surface area contributed by atoms with Crippen LogP contribution in [0.2, 0.25) is 0 Å². The Kier molecular flexibility index (Phi) is 5.32. The topological polar surface area (TPSA) is 98.7 Å². The summed E-state index contributed by atoms with van der Waals surface area (Å²) in [5, 5.41) is 24.0. The smallest absolute Gasteiger partial charge is 0.255 e. The molecule has 6 heteroatoms. The summed E-state index contributed by atoms with van der Waals surface area (Å²) in [5.41, 5.74) is 1.72. The molecule has 0 aromatic heterocycles. The van der Waals surface area contributed by atoms with Crippen molar-refractivity contribution < 1.29 is 19.8 Å². The fraction of sp³-hybridized carbons (Fsp3) is 0.176. The minimum Gasteiger partial charge on any atom is -0.508 e. The summed E-state index contributed by atoms with van der Waals surface area (Å²) in [4.78, 5) is 23.8. The van der Waals surface area contributed by atoms with Crippen LogP contribution in [0, 0.1) is 0 Å². The van der Waals surface area contributed by atoms with Gasteiger partial charge in [-0.1, -0.05) is 19.1 Å². The number of rotatable bonds is 5. The fourth-order valence-corrected chi connectivity index (χ4v) is 2.00. The lowest BCUT2D eigenvalue weighted by molar-refractivity contribution is -0.115. The van der Waals surface area contributed by atoms with E-state index in [0.717, 1.165) is 0 Å². The molecule has 0 radical (unpaired) electrons. The van der Waals surface area contributed by atoms with Crippen molar-refractivity contribution >= 4 is 23.2 Å². The molecule has 0 saturated carbocycles. The molecule has 2 aromatic carbocycles. The molecular weight excluding hydrogens is 296 g/mol. The first kappa shape index (κ1) is 16.5. The zero-order valence-corrected chi connectivity index (χ0v) is 12.7. The molecule has 0 aliphatic rings. The van der Waals surface area contributed by atoms with E-state index in [-0.39, 0.29) is 24.2 Å². The van der Waals surface area contributed by atoms with Crippen LogP contribution in [0.1, 0.15) is 29.3 Å². The third-order valence-corrected chi connectivity index (χ3v) is 3.24. The van der Waals surface area contributed by atoms with Crippen molar-refractivity contribution in [2.75, 3.05) is 10.6 Å². The van der Waals surface area contributed by atoms with Crippen molar-refractivity contribution in [1.29, 1.82) is 0 Å². The number of benzene rings is 2. The van der Waals surface area contributed by atoms with Crippen molar-refractivity contribution in [3.8, 4) is 5.75 Å². The number of hydrogen-bond donors (Lipinski definition) is 4. The van der Waals surface area contributed by atoms with E-state index in [4.69, 9.17) is 0 Å². The molecule has 0 atom stereocenters. The maximum Gasteiger partial charge on any atom is 0.255 e. The quantitative estimate of drug-likeness (QED) is 0.681. The van der Waals surface area contributed by atoms with Gasteiger partial charge in [0.1, 0.15) is 5.75 Å². The summed E-state index contributed by atoms with van der Waals surface area (Å²) in [6, 6.07) is 10.9. The Labute approximate surface area is 133 Å². The van der Waals surface area contributed by atoms with Crippen LogP contribution < -0.4 is 10.6 Å². The van der Waals surface area contributed by atoms with Gasteiger partial charge in [0.15, 0.2) is 0 Å². The van der Waals surface area contributed by atoms with Gasteiger partial charge < -0.3 is 20.8 Å². The summed E-state index contributed by atoms with van der Waals surface area (Å²) in [6.45, 7) is 1.47. The Bertz CT molecular complexity index is 728. The minimum atomic E-state index is -0.382. The highest BCUT2D eigenvalue weighted by molar-refractivity contribution is 6.05. The molecule has 2 aromatic rings. The number of aliphatic hydroxyl groups excluding tert-OH is 1. The number of carbonyl (C=O) groups excluding carboxylic acids is 2. The molecule has 0 aliphatic carbocycles. The van der Waals surface area contributed by atoms with Crippen molar-refractivity contribution in [2.45, 2.75) is 20.0 Å². The number of phenolic OH excluding ortho intramolecular Hbond substituents is 1. The van der Waals surface area contributed by atoms with Crippen molar-refractivity contribution in [3.05, 3.63) is 53.6 Å². The van der Waals surface area contributed by atoms with Gasteiger partial charge in [-0.25, -0.2) is 0 Å². The fourth-order valence-electron chi connectivity index (χ4n) is 2.00. The molecule has 0 aliphatic heterocycles. The molecule has 4 N–H and O–H groups in total. The van der Waals surface area contributed by atoms with Gasteiger partial charge in [-0.3, -0.25) is 9.59 Å². The van der Waals surface area contributed by atoms with E-state index in [1.54, 1.807) is 31.2 Å². The third-order valence-electron chi connectivity index (χ3n) is 3.24. The number of nitrogens with one attached hydrogen (secondary N) is 2. The largest absolute Gasteiger partial charge is 0.508 e. The SMILES string of the molecule is CCC(=O)Nc1cc(C(=O)Nc2cccc(O)c2)ccc1CO. The molecule has 0 fully saturated rings. The number of phenols is 1. The zero-order chi connectivity index (χ0) is 16.8. The second kappa shape index (κ2) is 7.42. The van der Waals surface area contributed by atoms with E-state index in [1.807, 2.05) is 0 Å². The van der Waals surface area contributed by atoms with Gasteiger partial charge in [0.2, 0.25) is 5.91 Å². The summed E-state index contributed by atoms with van der Waals surface area (Å²) >= 11 is 0. The lowest BCUT2D eigenvalue weighted by Crippen LogP contribution is -2.15. The Balaban J connectivity index is 2.23. The number of aromatic hydroxyl groups is 1. The first-order chi connectivity index (χ1) is 11.0. The average molecular weight is 314 g/mol. The molecule has 0 heterocycles. The standard InChI is InChI=1S/C17H18N2O4/c1-2-16(22)19-15-8-11(6-7-12(15)10-20)17(23)18-13-4-3-5-14(21)9-13/h3-9,20-21H,2,10H2,1H3,(H,18,23)(H,19,22). The predicted molar refractivity (Wildman–Crippen MR) is 87.3 cm³/mol. The van der Waals surface area contributed by atoms with Crippen molar-refractivity contribution in [3.63, 3.8) is 0 Å². The highest BCUT2D eigenvalue weighted by Gasteiger charge is 2.11. The summed E-state index contributed by atoms with van der Waals surface area (Å²) < 4.78 is 0. The van der Waals surface area contributed by atoms with Gasteiger partial charge in [-0.15, -0.1) is 0 Å². The van der Waals surface area contributed by atoms with Crippen LogP contribution in [0.3, 0.4) is 0 Å². The van der Waals surface area contributed by atoms with E-state index < -0.39 is 0 Å². The number of aliphatic hydroxyl groups is 1. The van der Waals surface area contributed by atoms with Gasteiger partial charge in [-0.2, -0.15) is 0 Å². The normalized spacial score (nSPS) is 10.2. The van der Waals surface area contributed by atoms with Crippen LogP contribution in [0.15, 0.2) is 42.5 Å². The maximum absolute atomic E-state index is 12.3. The van der Waals surface area contributed by atoms with Crippen LogP contribution in [-0.2, 0) is 11.4 Å². The molecule has 0 spiro atoms. The first-order valence-electron chi connectivity index (χ1n) is 7.17. The van der Waals surface area contributed by atoms with Crippen LogP contribution in [-0.4, -0.2) is 22.0 Å². The van der Waals surface area contributed by atoms with Gasteiger partial charge in [0, 0.05) is 35.0 Å². The molecule has 0 unspecified atom stereocenters. The third kappa shape index (κ3) is 4.31. The summed E-state index contributed by atoms with van der Waals surface area (Å²) in [7, 11) is 0. The monoisotopic (exact) mass is 314 g/mol. The highest BCUT2D eigenvalue weighted by atomic mass is 16.3. The number of amides is 2. The second-order valence-electron chi connectivity index (χ2n) is 4.94. The van der Waals surface area contributed by atoms with Gasteiger partial charge in [0.25, 0.3) is 5.91 Å². The van der Waals surface area contributed by atoms with Crippen molar-refractivity contribution in [2.24, 2.45) is 0 Å². The van der Waals surface area contributed by atoms with Crippen LogP contribution >= 0.6 is 0 Å². The van der Waals surface area contributed by atoms with E-state index in [0.29, 0.717) is 28.9 Å². The second-order valence-corrected chi connectivity index (χ2v) is 4.94. The average Bonchev–Trinajstić information content (AvgIpc) is 2.54. The molecule has 2 amide bonds. The van der Waals surface area contributed by atoms with Gasteiger partial charge >= 0.3 is 0 Å². The molecule has 0 saturated heterocycles. The predicted octanol–water partition coefficient (Wildman–Crippen LogP) is 2.49.